The van der Waals surface area contributed by atoms with Crippen molar-refractivity contribution in [1.29, 1.82) is 0 Å². The lowest BCUT2D eigenvalue weighted by Gasteiger charge is -2.25. The zero-order valence-electron chi connectivity index (χ0n) is 18.3. The minimum Gasteiger partial charge on any atom is -0.491 e. The number of aryl methyl sites for hydroxylation is 1. The van der Waals surface area contributed by atoms with Gasteiger partial charge in [0.25, 0.3) is 0 Å². The summed E-state index contributed by atoms with van der Waals surface area (Å²) in [5.41, 5.74) is 7.00. The second-order valence-corrected chi connectivity index (χ2v) is 8.45. The van der Waals surface area contributed by atoms with Crippen LogP contribution in [-0.4, -0.2) is 65.6 Å². The summed E-state index contributed by atoms with van der Waals surface area (Å²) in [7, 11) is 0. The number of carbonyl (C=O) groups is 1. The van der Waals surface area contributed by atoms with Crippen LogP contribution in [0.2, 0.25) is 0 Å². The summed E-state index contributed by atoms with van der Waals surface area (Å²) < 4.78 is 9.89. The largest absolute Gasteiger partial charge is 0.491 e. The summed E-state index contributed by atoms with van der Waals surface area (Å²) in [6.07, 6.45) is 3.30. The van der Waals surface area contributed by atoms with Gasteiger partial charge in [-0.05, 0) is 27.2 Å². The molecule has 0 radical (unpaired) electrons. The van der Waals surface area contributed by atoms with Crippen LogP contribution in [0.5, 0.6) is 5.75 Å². The molecule has 3 aromatic heterocycles. The van der Waals surface area contributed by atoms with Crippen molar-refractivity contribution in [3.63, 3.8) is 0 Å². The van der Waals surface area contributed by atoms with E-state index in [2.05, 4.69) is 28.9 Å². The van der Waals surface area contributed by atoms with Crippen molar-refractivity contribution in [1.82, 2.24) is 29.3 Å². The van der Waals surface area contributed by atoms with E-state index in [4.69, 9.17) is 15.5 Å². The standard InChI is InChI=1S/C21H26N8O3/c1-11(2)29-21(24-12(3)26-29)14-10-27-6-7-32-16-8-17(23-9-13(16)20(27)25-14)28-5-4-15(30)18(28)19(22)31/h8-11,15,18,30H,4-7H2,1-3H3,(H2,22,31)/t15-,18+/m1/s1. The van der Waals surface area contributed by atoms with Gasteiger partial charge < -0.3 is 25.0 Å². The molecule has 0 saturated carbocycles. The molecule has 2 atom stereocenters. The van der Waals surface area contributed by atoms with E-state index < -0.39 is 18.1 Å². The second-order valence-electron chi connectivity index (χ2n) is 8.45. The molecular formula is C21H26N8O3. The first kappa shape index (κ1) is 20.4. The molecule has 1 saturated heterocycles. The van der Waals surface area contributed by atoms with Crippen LogP contribution >= 0.6 is 0 Å². The zero-order valence-corrected chi connectivity index (χ0v) is 18.3. The average molecular weight is 438 g/mol. The molecule has 2 aliphatic heterocycles. The Balaban J connectivity index is 1.54. The van der Waals surface area contributed by atoms with Gasteiger partial charge in [-0.1, -0.05) is 0 Å². The highest BCUT2D eigenvalue weighted by Crippen LogP contribution is 2.36. The Labute approximate surface area is 184 Å². The Hall–Kier alpha value is -3.47. The molecule has 32 heavy (non-hydrogen) atoms. The molecule has 3 N–H and O–H groups in total. The number of hydrogen-bond acceptors (Lipinski definition) is 8. The normalized spacial score (nSPS) is 20.1. The maximum atomic E-state index is 11.9. The van der Waals surface area contributed by atoms with Gasteiger partial charge >= 0.3 is 0 Å². The Morgan fingerprint density at radius 3 is 2.84 bits per heavy atom. The highest BCUT2D eigenvalue weighted by Gasteiger charge is 2.38. The highest BCUT2D eigenvalue weighted by atomic mass is 16.5. The summed E-state index contributed by atoms with van der Waals surface area (Å²) in [6.45, 7) is 7.55. The maximum absolute atomic E-state index is 11.9. The van der Waals surface area contributed by atoms with Gasteiger partial charge in [-0.3, -0.25) is 4.79 Å². The first-order valence-corrected chi connectivity index (χ1v) is 10.7. The molecule has 0 spiro atoms. The number of ether oxygens (including phenoxy) is 1. The van der Waals surface area contributed by atoms with E-state index in [-0.39, 0.29) is 6.04 Å². The number of anilines is 1. The molecule has 2 aliphatic rings. The van der Waals surface area contributed by atoms with Gasteiger partial charge in [-0.25, -0.2) is 19.6 Å². The van der Waals surface area contributed by atoms with Crippen LogP contribution in [0.3, 0.4) is 0 Å². The average Bonchev–Trinajstić information content (AvgIpc) is 3.42. The van der Waals surface area contributed by atoms with Gasteiger partial charge in [-0.15, -0.1) is 0 Å². The van der Waals surface area contributed by atoms with Crippen LogP contribution in [0.25, 0.3) is 22.9 Å². The predicted octanol–water partition coefficient (Wildman–Crippen LogP) is 0.910. The topological polar surface area (TPSA) is 137 Å². The number of pyridine rings is 1. The highest BCUT2D eigenvalue weighted by molar-refractivity contribution is 5.85. The van der Waals surface area contributed by atoms with Gasteiger partial charge in [0.05, 0.1) is 18.2 Å². The quantitative estimate of drug-likeness (QED) is 0.613. The number of aromatic nitrogens is 6. The SMILES string of the molecule is Cc1nc(-c2cn3c(n2)-c2cnc(N4CC[C@@H](O)[C@H]4C(N)=O)cc2OCC3)n(C(C)C)n1. The molecule has 0 aliphatic carbocycles. The molecule has 1 fully saturated rings. The van der Waals surface area contributed by atoms with Gasteiger partial charge in [0.15, 0.2) is 5.82 Å². The third kappa shape index (κ3) is 3.29. The number of imidazole rings is 1. The third-order valence-corrected chi connectivity index (χ3v) is 5.87. The summed E-state index contributed by atoms with van der Waals surface area (Å²) in [6, 6.07) is 1.14. The van der Waals surface area contributed by atoms with Gasteiger partial charge in [0, 0.05) is 31.0 Å². The molecule has 168 valence electrons. The van der Waals surface area contributed by atoms with E-state index in [0.29, 0.717) is 43.5 Å². The number of nitrogens with zero attached hydrogens (tertiary/aromatic N) is 7. The summed E-state index contributed by atoms with van der Waals surface area (Å²) >= 11 is 0. The minimum atomic E-state index is -0.808. The van der Waals surface area contributed by atoms with E-state index >= 15 is 0 Å². The molecule has 0 aromatic carbocycles. The van der Waals surface area contributed by atoms with Crippen LogP contribution in [0.15, 0.2) is 18.5 Å². The van der Waals surface area contributed by atoms with E-state index in [1.807, 2.05) is 22.4 Å². The summed E-state index contributed by atoms with van der Waals surface area (Å²) in [5, 5.41) is 14.6. The van der Waals surface area contributed by atoms with E-state index in [9.17, 15) is 9.90 Å². The molecule has 1 amide bonds. The first-order chi connectivity index (χ1) is 15.3. The predicted molar refractivity (Wildman–Crippen MR) is 116 cm³/mol. The van der Waals surface area contributed by atoms with Crippen molar-refractivity contribution in [2.75, 3.05) is 18.1 Å². The van der Waals surface area contributed by atoms with Gasteiger partial charge in [0.1, 0.15) is 41.6 Å². The molecule has 11 heteroatoms. The van der Waals surface area contributed by atoms with Gasteiger partial charge in [0.2, 0.25) is 5.91 Å². The molecule has 0 unspecified atom stereocenters. The Morgan fingerprint density at radius 1 is 1.28 bits per heavy atom. The Morgan fingerprint density at radius 2 is 2.09 bits per heavy atom. The number of hydrogen-bond donors (Lipinski definition) is 2. The molecule has 5 rings (SSSR count). The van der Waals surface area contributed by atoms with E-state index in [1.54, 1.807) is 17.2 Å². The van der Waals surface area contributed by atoms with Gasteiger partial charge in [-0.2, -0.15) is 5.10 Å². The van der Waals surface area contributed by atoms with Crippen molar-refractivity contribution in [2.45, 2.75) is 51.9 Å². The number of aliphatic hydroxyl groups excluding tert-OH is 1. The van der Waals surface area contributed by atoms with Crippen molar-refractivity contribution >= 4 is 11.7 Å². The van der Waals surface area contributed by atoms with Crippen molar-refractivity contribution < 1.29 is 14.6 Å². The summed E-state index contributed by atoms with van der Waals surface area (Å²) in [5.74, 6) is 2.74. The van der Waals surface area contributed by atoms with Crippen LogP contribution < -0.4 is 15.4 Å². The van der Waals surface area contributed by atoms with E-state index in [1.165, 1.54) is 0 Å². The zero-order chi connectivity index (χ0) is 22.6. The molecular weight excluding hydrogens is 412 g/mol. The van der Waals surface area contributed by atoms with Crippen molar-refractivity contribution in [3.05, 3.63) is 24.3 Å². The lowest BCUT2D eigenvalue weighted by Crippen LogP contribution is -2.46. The number of carbonyl (C=O) groups excluding carboxylic acids is 1. The Kier molecular flexibility index (Phi) is 4.85. The smallest absolute Gasteiger partial charge is 0.242 e. The summed E-state index contributed by atoms with van der Waals surface area (Å²) in [4.78, 5) is 27.6. The number of primary amides is 1. The van der Waals surface area contributed by atoms with Crippen LogP contribution in [0, 0.1) is 6.92 Å². The number of aliphatic hydroxyl groups is 1. The molecule has 11 nitrogen and oxygen atoms in total. The van der Waals surface area contributed by atoms with Crippen molar-refractivity contribution in [2.24, 2.45) is 5.73 Å². The first-order valence-electron chi connectivity index (χ1n) is 10.7. The fourth-order valence-electron chi connectivity index (χ4n) is 4.38. The minimum absolute atomic E-state index is 0.154. The van der Waals surface area contributed by atoms with Crippen molar-refractivity contribution in [3.8, 4) is 28.7 Å². The number of fused-ring (bicyclic) bond motifs is 3. The van der Waals surface area contributed by atoms with Crippen LogP contribution in [0.1, 0.15) is 32.1 Å². The van der Waals surface area contributed by atoms with E-state index in [0.717, 1.165) is 22.9 Å². The molecule has 5 heterocycles. The number of amides is 1. The van der Waals surface area contributed by atoms with Crippen LogP contribution in [0.4, 0.5) is 5.82 Å². The van der Waals surface area contributed by atoms with Crippen LogP contribution in [-0.2, 0) is 11.3 Å². The Bertz CT molecular complexity index is 1180. The number of nitrogens with two attached hydrogens (primary N) is 1. The molecule has 0 bridgehead atoms. The molecule has 3 aromatic rings. The fraction of sp³-hybridized carbons (Fsp3) is 0.476. The number of rotatable bonds is 4. The lowest BCUT2D eigenvalue weighted by molar-refractivity contribution is -0.120. The second kappa shape index (κ2) is 7.59. The third-order valence-electron chi connectivity index (χ3n) is 5.87. The maximum Gasteiger partial charge on any atom is 0.242 e. The monoisotopic (exact) mass is 438 g/mol. The lowest BCUT2D eigenvalue weighted by atomic mass is 10.1. The fourth-order valence-corrected chi connectivity index (χ4v) is 4.38.